The molecule has 1 aromatic heterocycles. The van der Waals surface area contributed by atoms with Crippen LogP contribution in [0.15, 0.2) is 53.5 Å². The summed E-state index contributed by atoms with van der Waals surface area (Å²) in [5.41, 5.74) is 12.4. The SMILES string of the molecule is NC(=NCCc1cc2ccccc2[nH]1)Nc1cccc2c1CCCC2. The lowest BCUT2D eigenvalue weighted by Crippen LogP contribution is -2.24. The zero-order valence-electron chi connectivity index (χ0n) is 14.4. The molecule has 128 valence electrons. The Hall–Kier alpha value is -2.75. The van der Waals surface area contributed by atoms with E-state index in [-0.39, 0.29) is 0 Å². The van der Waals surface area contributed by atoms with Crippen LogP contribution in [0.5, 0.6) is 0 Å². The van der Waals surface area contributed by atoms with E-state index < -0.39 is 0 Å². The predicted octanol–water partition coefficient (Wildman–Crippen LogP) is 4.02. The summed E-state index contributed by atoms with van der Waals surface area (Å²) in [6.45, 7) is 0.667. The maximum absolute atomic E-state index is 6.11. The minimum Gasteiger partial charge on any atom is -0.370 e. The van der Waals surface area contributed by atoms with Gasteiger partial charge in [-0.25, -0.2) is 0 Å². The zero-order chi connectivity index (χ0) is 17.1. The van der Waals surface area contributed by atoms with E-state index in [1.807, 2.05) is 6.07 Å². The van der Waals surface area contributed by atoms with Crippen molar-refractivity contribution >= 4 is 22.5 Å². The first kappa shape index (κ1) is 15.8. The van der Waals surface area contributed by atoms with Crippen LogP contribution in [0.2, 0.25) is 0 Å². The maximum atomic E-state index is 6.11. The number of hydrogen-bond donors (Lipinski definition) is 3. The van der Waals surface area contributed by atoms with Gasteiger partial charge in [0.15, 0.2) is 5.96 Å². The van der Waals surface area contributed by atoms with Crippen molar-refractivity contribution in [2.75, 3.05) is 11.9 Å². The van der Waals surface area contributed by atoms with E-state index in [0.29, 0.717) is 12.5 Å². The van der Waals surface area contributed by atoms with Crippen LogP contribution in [0.4, 0.5) is 5.69 Å². The van der Waals surface area contributed by atoms with Crippen LogP contribution in [0.25, 0.3) is 10.9 Å². The summed E-state index contributed by atoms with van der Waals surface area (Å²) < 4.78 is 0. The van der Waals surface area contributed by atoms with Gasteiger partial charge in [-0.1, -0.05) is 30.3 Å². The number of nitrogens with one attached hydrogen (secondary N) is 2. The number of anilines is 1. The number of para-hydroxylation sites is 1. The lowest BCUT2D eigenvalue weighted by molar-refractivity contribution is 0.687. The monoisotopic (exact) mass is 332 g/mol. The van der Waals surface area contributed by atoms with Crippen molar-refractivity contribution in [2.24, 2.45) is 10.7 Å². The number of fused-ring (bicyclic) bond motifs is 2. The van der Waals surface area contributed by atoms with Gasteiger partial charge in [-0.15, -0.1) is 0 Å². The summed E-state index contributed by atoms with van der Waals surface area (Å²) in [5.74, 6) is 0.495. The van der Waals surface area contributed by atoms with Crippen LogP contribution in [-0.2, 0) is 19.3 Å². The normalized spacial score (nSPS) is 14.5. The molecule has 4 N–H and O–H groups in total. The number of aryl methyl sites for hydroxylation is 1. The summed E-state index contributed by atoms with van der Waals surface area (Å²) in [7, 11) is 0. The highest BCUT2D eigenvalue weighted by Gasteiger charge is 2.13. The number of aromatic nitrogens is 1. The first-order valence-electron chi connectivity index (χ1n) is 9.04. The molecule has 25 heavy (non-hydrogen) atoms. The number of nitrogens with two attached hydrogens (primary N) is 1. The fraction of sp³-hybridized carbons (Fsp3) is 0.286. The van der Waals surface area contributed by atoms with E-state index in [0.717, 1.165) is 18.5 Å². The van der Waals surface area contributed by atoms with Gasteiger partial charge < -0.3 is 16.0 Å². The third-order valence-electron chi connectivity index (χ3n) is 4.91. The third-order valence-corrected chi connectivity index (χ3v) is 4.91. The van der Waals surface area contributed by atoms with Crippen LogP contribution in [0.3, 0.4) is 0 Å². The van der Waals surface area contributed by atoms with Gasteiger partial charge in [0.25, 0.3) is 0 Å². The Morgan fingerprint density at radius 3 is 2.88 bits per heavy atom. The van der Waals surface area contributed by atoms with Crippen molar-refractivity contribution in [3.63, 3.8) is 0 Å². The average Bonchev–Trinajstić information content (AvgIpc) is 3.05. The lowest BCUT2D eigenvalue weighted by Gasteiger charge is -2.19. The quantitative estimate of drug-likeness (QED) is 0.499. The number of hydrogen-bond acceptors (Lipinski definition) is 1. The third kappa shape index (κ3) is 3.53. The second-order valence-corrected chi connectivity index (χ2v) is 6.67. The minimum atomic E-state index is 0.495. The second kappa shape index (κ2) is 7.01. The van der Waals surface area contributed by atoms with E-state index in [1.54, 1.807) is 0 Å². The Labute approximate surface area is 148 Å². The van der Waals surface area contributed by atoms with E-state index >= 15 is 0 Å². The Balaban J connectivity index is 1.40. The van der Waals surface area contributed by atoms with E-state index in [2.05, 4.69) is 57.8 Å². The highest BCUT2D eigenvalue weighted by molar-refractivity contribution is 5.93. The molecule has 3 aromatic rings. The van der Waals surface area contributed by atoms with Crippen molar-refractivity contribution in [3.05, 3.63) is 65.4 Å². The van der Waals surface area contributed by atoms with Gasteiger partial charge in [0.1, 0.15) is 0 Å². The number of nitrogens with zero attached hydrogens (tertiary/aromatic N) is 1. The van der Waals surface area contributed by atoms with Crippen molar-refractivity contribution in [3.8, 4) is 0 Å². The molecule has 1 heterocycles. The van der Waals surface area contributed by atoms with Gasteiger partial charge in [0, 0.05) is 29.9 Å². The molecule has 0 amide bonds. The lowest BCUT2D eigenvalue weighted by atomic mass is 9.90. The number of rotatable bonds is 4. The molecular weight excluding hydrogens is 308 g/mol. The van der Waals surface area contributed by atoms with E-state index in [9.17, 15) is 0 Å². The van der Waals surface area contributed by atoms with Crippen molar-refractivity contribution < 1.29 is 0 Å². The average molecular weight is 332 g/mol. The van der Waals surface area contributed by atoms with Crippen LogP contribution in [0.1, 0.15) is 29.7 Å². The van der Waals surface area contributed by atoms with Crippen molar-refractivity contribution in [2.45, 2.75) is 32.1 Å². The smallest absolute Gasteiger partial charge is 0.193 e. The van der Waals surface area contributed by atoms with Gasteiger partial charge in [-0.3, -0.25) is 4.99 Å². The van der Waals surface area contributed by atoms with Crippen molar-refractivity contribution in [1.82, 2.24) is 4.98 Å². The number of guanidine groups is 1. The molecular formula is C21H24N4. The Kier molecular flexibility index (Phi) is 4.42. The number of benzene rings is 2. The van der Waals surface area contributed by atoms with Gasteiger partial charge in [0.2, 0.25) is 0 Å². The minimum absolute atomic E-state index is 0.495. The number of aliphatic imine (C=N–C) groups is 1. The molecule has 0 unspecified atom stereocenters. The highest BCUT2D eigenvalue weighted by Crippen LogP contribution is 2.27. The first-order valence-corrected chi connectivity index (χ1v) is 9.04. The molecule has 0 saturated heterocycles. The van der Waals surface area contributed by atoms with E-state index in [4.69, 9.17) is 5.73 Å². The molecule has 0 aliphatic heterocycles. The molecule has 0 spiro atoms. The molecule has 0 radical (unpaired) electrons. The van der Waals surface area contributed by atoms with Crippen molar-refractivity contribution in [1.29, 1.82) is 0 Å². The summed E-state index contributed by atoms with van der Waals surface area (Å²) in [6, 6.07) is 16.9. The van der Waals surface area contributed by atoms with Gasteiger partial charge in [0.05, 0.1) is 0 Å². The molecule has 4 rings (SSSR count). The molecule has 0 fully saturated rings. The molecule has 4 heteroatoms. The maximum Gasteiger partial charge on any atom is 0.193 e. The molecule has 4 nitrogen and oxygen atoms in total. The molecule has 0 bridgehead atoms. The predicted molar refractivity (Wildman–Crippen MR) is 105 cm³/mol. The summed E-state index contributed by atoms with van der Waals surface area (Å²) in [6.07, 6.45) is 5.68. The fourth-order valence-corrected chi connectivity index (χ4v) is 3.64. The Morgan fingerprint density at radius 2 is 1.96 bits per heavy atom. The highest BCUT2D eigenvalue weighted by atomic mass is 15.1. The molecule has 1 aliphatic carbocycles. The topological polar surface area (TPSA) is 66.2 Å². The fourth-order valence-electron chi connectivity index (χ4n) is 3.64. The van der Waals surface area contributed by atoms with E-state index in [1.165, 1.54) is 47.0 Å². The Bertz CT molecular complexity index is 874. The van der Waals surface area contributed by atoms with Crippen LogP contribution >= 0.6 is 0 Å². The van der Waals surface area contributed by atoms with Gasteiger partial charge >= 0.3 is 0 Å². The van der Waals surface area contributed by atoms with Gasteiger partial charge in [-0.2, -0.15) is 0 Å². The standard InChI is InChI=1S/C21H24N4/c22-21(25-20-11-5-8-15-6-1-3-9-18(15)20)23-13-12-17-14-16-7-2-4-10-19(16)24-17/h2,4-5,7-8,10-11,14,24H,1,3,6,9,12-13H2,(H3,22,23,25). The molecule has 2 aromatic carbocycles. The molecule has 0 saturated carbocycles. The van der Waals surface area contributed by atoms with Crippen LogP contribution in [-0.4, -0.2) is 17.5 Å². The second-order valence-electron chi connectivity index (χ2n) is 6.67. The Morgan fingerprint density at radius 1 is 1.08 bits per heavy atom. The first-order chi connectivity index (χ1) is 12.3. The molecule has 0 atom stereocenters. The summed E-state index contributed by atoms with van der Waals surface area (Å²) in [4.78, 5) is 7.93. The summed E-state index contributed by atoms with van der Waals surface area (Å²) >= 11 is 0. The number of H-pyrrole nitrogens is 1. The van der Waals surface area contributed by atoms with Crippen LogP contribution < -0.4 is 11.1 Å². The number of aromatic amines is 1. The van der Waals surface area contributed by atoms with Gasteiger partial charge in [-0.05, 0) is 60.4 Å². The largest absolute Gasteiger partial charge is 0.370 e. The van der Waals surface area contributed by atoms with Crippen LogP contribution in [0, 0.1) is 0 Å². The molecule has 1 aliphatic rings. The summed E-state index contributed by atoms with van der Waals surface area (Å²) in [5, 5.41) is 4.54. The zero-order valence-corrected chi connectivity index (χ0v) is 14.4.